The van der Waals surface area contributed by atoms with E-state index in [0.29, 0.717) is 23.5 Å². The number of rotatable bonds is 5. The van der Waals surface area contributed by atoms with E-state index >= 15 is 0 Å². The summed E-state index contributed by atoms with van der Waals surface area (Å²) in [5.41, 5.74) is 1.30. The molecule has 1 saturated carbocycles. The van der Waals surface area contributed by atoms with Crippen LogP contribution in [0.3, 0.4) is 0 Å². The molecule has 1 aromatic carbocycles. The molecule has 0 aliphatic heterocycles. The first-order valence-electron chi connectivity index (χ1n) is 6.77. The van der Waals surface area contributed by atoms with Gasteiger partial charge in [-0.25, -0.2) is 18.2 Å². The van der Waals surface area contributed by atoms with Crippen LogP contribution in [-0.4, -0.2) is 41.1 Å². The molecule has 0 bridgehead atoms. The number of carboxylic acids is 1. The molecule has 1 aliphatic rings. The van der Waals surface area contributed by atoms with Crippen LogP contribution in [-0.2, 0) is 16.4 Å². The summed E-state index contributed by atoms with van der Waals surface area (Å²) in [6, 6.07) is 4.99. The van der Waals surface area contributed by atoms with Gasteiger partial charge in [0.1, 0.15) is 21.2 Å². The zero-order chi connectivity index (χ0) is 15.2. The lowest BCUT2D eigenvalue weighted by Crippen LogP contribution is -2.13. The summed E-state index contributed by atoms with van der Waals surface area (Å²) in [7, 11) is -3.08. The molecule has 7 heteroatoms. The molecule has 0 saturated heterocycles. The number of carbonyl (C=O) groups is 1. The minimum absolute atomic E-state index is 0.0233. The van der Waals surface area contributed by atoms with Gasteiger partial charge in [0.25, 0.3) is 0 Å². The molecule has 21 heavy (non-hydrogen) atoms. The number of hydrogen-bond acceptors (Lipinski definition) is 4. The van der Waals surface area contributed by atoms with E-state index in [1.165, 1.54) is 12.3 Å². The third-order valence-corrected chi connectivity index (χ3v) is 4.59. The van der Waals surface area contributed by atoms with Crippen LogP contribution in [0.25, 0.3) is 11.0 Å². The Morgan fingerprint density at radius 3 is 2.71 bits per heavy atom. The number of imidazole rings is 1. The van der Waals surface area contributed by atoms with Crippen molar-refractivity contribution in [1.29, 1.82) is 0 Å². The number of aryl methyl sites for hydroxylation is 1. The molecule has 1 heterocycles. The quantitative estimate of drug-likeness (QED) is 0.907. The lowest BCUT2D eigenvalue weighted by molar-refractivity contribution is 0.0699. The topological polar surface area (TPSA) is 89.3 Å². The van der Waals surface area contributed by atoms with Crippen molar-refractivity contribution in [3.05, 3.63) is 29.6 Å². The van der Waals surface area contributed by atoms with E-state index in [2.05, 4.69) is 4.98 Å². The van der Waals surface area contributed by atoms with Crippen molar-refractivity contribution < 1.29 is 18.3 Å². The molecule has 0 unspecified atom stereocenters. The fraction of sp³-hybridized carbons (Fsp3) is 0.429. The summed E-state index contributed by atoms with van der Waals surface area (Å²) in [6.07, 6.45) is 3.24. The number of aromatic nitrogens is 2. The molecular weight excluding hydrogens is 292 g/mol. The first-order chi connectivity index (χ1) is 9.87. The smallest absolute Gasteiger partial charge is 0.337 e. The maximum absolute atomic E-state index is 11.4. The Kier molecular flexibility index (Phi) is 3.24. The highest BCUT2D eigenvalue weighted by atomic mass is 32.2. The predicted octanol–water partition coefficient (Wildman–Crippen LogP) is 1.66. The summed E-state index contributed by atoms with van der Waals surface area (Å²) >= 11 is 0. The minimum atomic E-state index is -3.08. The van der Waals surface area contributed by atoms with Crippen LogP contribution in [0.5, 0.6) is 0 Å². The van der Waals surface area contributed by atoms with Gasteiger partial charge in [-0.1, -0.05) is 6.07 Å². The van der Waals surface area contributed by atoms with Gasteiger partial charge in [-0.15, -0.1) is 0 Å². The van der Waals surface area contributed by atoms with Crippen LogP contribution in [0.4, 0.5) is 0 Å². The number of hydrogen-bond donors (Lipinski definition) is 1. The third kappa shape index (κ3) is 2.78. The Morgan fingerprint density at radius 1 is 1.43 bits per heavy atom. The van der Waals surface area contributed by atoms with Gasteiger partial charge < -0.3 is 9.67 Å². The van der Waals surface area contributed by atoms with Crippen molar-refractivity contribution in [2.75, 3.05) is 12.0 Å². The van der Waals surface area contributed by atoms with Gasteiger partial charge in [0.05, 0.1) is 16.8 Å². The monoisotopic (exact) mass is 308 g/mol. The lowest BCUT2D eigenvalue weighted by Gasteiger charge is -2.07. The largest absolute Gasteiger partial charge is 0.478 e. The number of carboxylic acid groups (broad SMARTS) is 1. The van der Waals surface area contributed by atoms with E-state index in [-0.39, 0.29) is 11.3 Å². The van der Waals surface area contributed by atoms with E-state index in [1.54, 1.807) is 12.1 Å². The summed E-state index contributed by atoms with van der Waals surface area (Å²) < 4.78 is 24.7. The minimum Gasteiger partial charge on any atom is -0.478 e. The first kappa shape index (κ1) is 14.1. The van der Waals surface area contributed by atoms with Crippen LogP contribution < -0.4 is 0 Å². The van der Waals surface area contributed by atoms with Crippen molar-refractivity contribution in [3.63, 3.8) is 0 Å². The predicted molar refractivity (Wildman–Crippen MR) is 78.4 cm³/mol. The normalized spacial score (nSPS) is 15.5. The standard InChI is InChI=1S/C14H16N2O4S/c1-21(19,20)8-7-16-11-4-2-3-10(14(17)18)12(11)15-13(16)9-5-6-9/h2-4,9H,5-8H2,1H3,(H,17,18). The Bertz CT molecular complexity index is 819. The molecule has 0 amide bonds. The highest BCUT2D eigenvalue weighted by Gasteiger charge is 2.30. The Labute approximate surface area is 122 Å². The molecule has 0 spiro atoms. The second kappa shape index (κ2) is 4.84. The Hall–Kier alpha value is -1.89. The van der Waals surface area contributed by atoms with Gasteiger partial charge in [-0.2, -0.15) is 0 Å². The average molecular weight is 308 g/mol. The highest BCUT2D eigenvalue weighted by molar-refractivity contribution is 7.90. The summed E-state index contributed by atoms with van der Waals surface area (Å²) in [5, 5.41) is 9.25. The van der Waals surface area contributed by atoms with E-state index in [1.807, 2.05) is 4.57 Å². The fourth-order valence-corrected chi connectivity index (χ4v) is 3.00. The Balaban J connectivity index is 2.14. The lowest BCUT2D eigenvalue weighted by atomic mass is 10.2. The second-order valence-electron chi connectivity index (χ2n) is 5.50. The van der Waals surface area contributed by atoms with Gasteiger partial charge >= 0.3 is 5.97 Å². The number of benzene rings is 1. The van der Waals surface area contributed by atoms with Crippen LogP contribution in [0, 0.1) is 0 Å². The zero-order valence-corrected chi connectivity index (χ0v) is 12.4. The number of aromatic carboxylic acids is 1. The summed E-state index contributed by atoms with van der Waals surface area (Å²) in [4.78, 5) is 15.8. The first-order valence-corrected chi connectivity index (χ1v) is 8.83. The number of nitrogens with zero attached hydrogens (tertiary/aromatic N) is 2. The van der Waals surface area contributed by atoms with Gasteiger partial charge in [0, 0.05) is 18.7 Å². The number of fused-ring (bicyclic) bond motifs is 1. The molecule has 6 nitrogen and oxygen atoms in total. The van der Waals surface area contributed by atoms with Gasteiger partial charge in [0.15, 0.2) is 0 Å². The number of sulfone groups is 1. The zero-order valence-electron chi connectivity index (χ0n) is 11.6. The van der Waals surface area contributed by atoms with Gasteiger partial charge in [-0.05, 0) is 25.0 Å². The molecule has 1 aliphatic carbocycles. The average Bonchev–Trinajstić information content (AvgIpc) is 3.16. The van der Waals surface area contributed by atoms with E-state index < -0.39 is 15.8 Å². The molecular formula is C14H16N2O4S. The summed E-state index contributed by atoms with van der Waals surface area (Å²) in [6.45, 7) is 0.310. The molecule has 1 aromatic heterocycles. The van der Waals surface area contributed by atoms with Gasteiger partial charge in [-0.3, -0.25) is 0 Å². The second-order valence-corrected chi connectivity index (χ2v) is 7.76. The maximum atomic E-state index is 11.4. The van der Waals surface area contributed by atoms with E-state index in [4.69, 9.17) is 0 Å². The van der Waals surface area contributed by atoms with Crippen molar-refractivity contribution >= 4 is 26.8 Å². The Morgan fingerprint density at radius 2 is 2.14 bits per heavy atom. The van der Waals surface area contributed by atoms with Crippen molar-refractivity contribution in [2.45, 2.75) is 25.3 Å². The summed E-state index contributed by atoms with van der Waals surface area (Å²) in [5.74, 6) is 0.131. The maximum Gasteiger partial charge on any atom is 0.337 e. The van der Waals surface area contributed by atoms with Crippen molar-refractivity contribution in [3.8, 4) is 0 Å². The van der Waals surface area contributed by atoms with Gasteiger partial charge in [0.2, 0.25) is 0 Å². The van der Waals surface area contributed by atoms with Crippen LogP contribution in [0.2, 0.25) is 0 Å². The SMILES string of the molecule is CS(=O)(=O)CCn1c(C2CC2)nc2c(C(=O)O)cccc21. The van der Waals surface area contributed by atoms with Crippen LogP contribution >= 0.6 is 0 Å². The molecule has 2 aromatic rings. The molecule has 1 fully saturated rings. The van der Waals surface area contributed by atoms with Crippen molar-refractivity contribution in [1.82, 2.24) is 9.55 Å². The third-order valence-electron chi connectivity index (χ3n) is 3.67. The number of para-hydroxylation sites is 1. The van der Waals surface area contributed by atoms with Crippen LogP contribution in [0.1, 0.15) is 34.9 Å². The van der Waals surface area contributed by atoms with E-state index in [9.17, 15) is 18.3 Å². The molecule has 0 radical (unpaired) electrons. The molecule has 0 atom stereocenters. The highest BCUT2D eigenvalue weighted by Crippen LogP contribution is 2.41. The van der Waals surface area contributed by atoms with Crippen molar-refractivity contribution in [2.24, 2.45) is 0 Å². The molecule has 3 rings (SSSR count). The molecule has 1 N–H and O–H groups in total. The van der Waals surface area contributed by atoms with Crippen LogP contribution in [0.15, 0.2) is 18.2 Å². The fourth-order valence-electron chi connectivity index (χ4n) is 2.48. The van der Waals surface area contributed by atoms with E-state index in [0.717, 1.165) is 18.7 Å². The molecule has 112 valence electrons.